The molecule has 0 radical (unpaired) electrons. The summed E-state index contributed by atoms with van der Waals surface area (Å²) in [5.41, 5.74) is 17.5. The van der Waals surface area contributed by atoms with Crippen LogP contribution in [0.15, 0.2) is 95.5 Å². The van der Waals surface area contributed by atoms with E-state index in [9.17, 15) is 26.9 Å². The molecule has 108 heavy (non-hydrogen) atoms. The number of aromatic nitrogens is 8. The highest BCUT2D eigenvalue weighted by atomic mass is 32.2. The topological polar surface area (TPSA) is 304 Å². The van der Waals surface area contributed by atoms with Crippen molar-refractivity contribution in [3.63, 3.8) is 0 Å². The number of aromatic amines is 4. The van der Waals surface area contributed by atoms with E-state index in [1.54, 1.807) is 18.4 Å². The van der Waals surface area contributed by atoms with Gasteiger partial charge in [0.2, 0.25) is 10.0 Å². The smallest absolute Gasteiger partial charge is 0.531 e. The molecule has 16 aliphatic rings. The largest absolute Gasteiger partial charge is 0.555 e. The molecule has 2 saturated heterocycles. The highest BCUT2D eigenvalue weighted by Crippen LogP contribution is 2.65. The van der Waals surface area contributed by atoms with Crippen molar-refractivity contribution < 1.29 is 45.5 Å². The van der Waals surface area contributed by atoms with E-state index in [0.29, 0.717) is 40.6 Å². The first kappa shape index (κ1) is 71.1. The average Bonchev–Trinajstić information content (AvgIpc) is 0.934. The minimum absolute atomic E-state index is 0.0614. The van der Waals surface area contributed by atoms with Gasteiger partial charge >= 0.3 is 28.3 Å². The van der Waals surface area contributed by atoms with Gasteiger partial charge in [0.1, 0.15) is 34.1 Å². The Balaban J connectivity index is 0.0000000981. The van der Waals surface area contributed by atoms with E-state index in [0.717, 1.165) is 174 Å². The number of H-pyrrole nitrogens is 4. The Labute approximate surface area is 633 Å². The van der Waals surface area contributed by atoms with Gasteiger partial charge in [-0.15, -0.1) is 0 Å². The van der Waals surface area contributed by atoms with Gasteiger partial charge in [0.05, 0.1) is 35.3 Å². The van der Waals surface area contributed by atoms with Gasteiger partial charge in [-0.05, 0) is 253 Å². The molecule has 564 valence electrons. The molecule has 8 aromatic heterocycles. The Hall–Kier alpha value is -7.26. The lowest BCUT2D eigenvalue weighted by molar-refractivity contribution is -0.0640. The summed E-state index contributed by atoms with van der Waals surface area (Å²) in [5, 5.41) is 35.5. The minimum Gasteiger partial charge on any atom is -0.531 e. The summed E-state index contributed by atoms with van der Waals surface area (Å²) in [6.45, 7) is 12.5. The van der Waals surface area contributed by atoms with Crippen LogP contribution in [0.5, 0.6) is 11.5 Å². The summed E-state index contributed by atoms with van der Waals surface area (Å²) in [4.78, 5) is 35.4. The third kappa shape index (κ3) is 12.8. The quantitative estimate of drug-likeness (QED) is 0.0592. The van der Waals surface area contributed by atoms with Crippen molar-refractivity contribution in [1.29, 1.82) is 0 Å². The molecule has 14 heterocycles. The molecule has 0 amide bonds. The first-order valence-electron chi connectivity index (χ1n) is 40.3. The van der Waals surface area contributed by atoms with E-state index in [1.807, 2.05) is 63.2 Å². The van der Waals surface area contributed by atoms with Crippen LogP contribution < -0.4 is 25.0 Å². The van der Waals surface area contributed by atoms with Crippen molar-refractivity contribution >= 4 is 126 Å². The molecule has 8 aromatic rings. The monoisotopic (exact) mass is 1500 g/mol. The molecule has 24 rings (SSSR count). The number of hydrazone groups is 2. The zero-order valence-electron chi connectivity index (χ0n) is 62.7. The van der Waals surface area contributed by atoms with Gasteiger partial charge in [-0.2, -0.15) is 10.2 Å². The van der Waals surface area contributed by atoms with E-state index in [-0.39, 0.29) is 55.0 Å². The molecule has 0 spiro atoms. The second-order valence-electron chi connectivity index (χ2n) is 35.2. The maximum absolute atomic E-state index is 12.1. The van der Waals surface area contributed by atoms with Gasteiger partial charge in [-0.1, -0.05) is 20.8 Å². The van der Waals surface area contributed by atoms with Crippen LogP contribution >= 0.6 is 0 Å². The lowest BCUT2D eigenvalue weighted by atomic mass is 9.45. The lowest BCUT2D eigenvalue weighted by Gasteiger charge is -2.59. The minimum atomic E-state index is -3.18. The molecule has 0 aromatic carbocycles. The normalized spacial score (nSPS) is 31.2. The predicted molar refractivity (Wildman–Crippen MR) is 424 cm³/mol. The van der Waals surface area contributed by atoms with Crippen molar-refractivity contribution in [2.75, 3.05) is 50.6 Å². The van der Waals surface area contributed by atoms with Gasteiger partial charge in [0, 0.05) is 136 Å². The summed E-state index contributed by atoms with van der Waals surface area (Å²) in [6.07, 6.45) is 37.2. The number of nitrogens with one attached hydrogen (secondary N) is 5. The number of fused-ring (bicyclic) bond motifs is 16. The molecule has 4 atom stereocenters. The maximum Gasteiger partial charge on any atom is 0.555 e. The Kier molecular flexibility index (Phi) is 18.2. The van der Waals surface area contributed by atoms with Crippen LogP contribution in [0.4, 0.5) is 0 Å². The number of rotatable bonds is 11. The Morgan fingerprint density at radius 2 is 1.04 bits per heavy atom. The number of sulfone groups is 1. The molecule has 8 bridgehead atoms. The molecule has 10 aliphatic carbocycles. The molecule has 23 nitrogen and oxygen atoms in total. The van der Waals surface area contributed by atoms with Crippen LogP contribution in [0.1, 0.15) is 172 Å². The molecular weight excluding hydrogens is 1400 g/mol. The number of hydrogen-bond donors (Lipinski definition) is 7. The Morgan fingerprint density at radius 1 is 0.574 bits per heavy atom. The van der Waals surface area contributed by atoms with Crippen LogP contribution in [0.25, 0.3) is 55.3 Å². The number of nitrogens with zero attached hydrogens (tertiary/aromatic N) is 8. The van der Waals surface area contributed by atoms with Crippen molar-refractivity contribution in [1.82, 2.24) is 54.4 Å². The van der Waals surface area contributed by atoms with E-state index in [2.05, 4.69) is 70.4 Å². The van der Waals surface area contributed by atoms with Crippen molar-refractivity contribution in [2.24, 2.45) is 92.0 Å². The van der Waals surface area contributed by atoms with Crippen LogP contribution in [0.2, 0.25) is 0 Å². The summed E-state index contributed by atoms with van der Waals surface area (Å²) in [5.74, 6) is 10.9. The molecule has 4 unspecified atom stereocenters. The first-order chi connectivity index (χ1) is 52.2. The number of pyridine rings is 4. The van der Waals surface area contributed by atoms with Gasteiger partial charge < -0.3 is 58.4 Å². The fraction of sp³-hybridized carbons (Fsp3) is 0.570. The predicted octanol–water partition coefficient (Wildman–Crippen LogP) is 10.6. The Morgan fingerprint density at radius 3 is 1.51 bits per heavy atom. The van der Waals surface area contributed by atoms with Crippen molar-refractivity contribution in [3.8, 4) is 11.5 Å². The first-order valence-corrected chi connectivity index (χ1v) is 43.7. The number of allylic oxidation sites excluding steroid dienone is 3. The summed E-state index contributed by atoms with van der Waals surface area (Å²) in [6, 6.07) is 8.32. The molecule has 10 saturated carbocycles. The van der Waals surface area contributed by atoms with E-state index < -0.39 is 34.1 Å². The zero-order chi connectivity index (χ0) is 73.7. The summed E-state index contributed by atoms with van der Waals surface area (Å²) < 4.78 is 73.7. The average molecular weight is 1500 g/mol. The molecule has 29 heteroatoms. The van der Waals surface area contributed by atoms with E-state index in [4.69, 9.17) is 38.8 Å². The van der Waals surface area contributed by atoms with Gasteiger partial charge in [0.15, 0.2) is 9.84 Å². The second-order valence-corrected chi connectivity index (χ2v) is 39.4. The summed E-state index contributed by atoms with van der Waals surface area (Å²) >= 11 is 0. The van der Waals surface area contributed by atoms with Crippen molar-refractivity contribution in [3.05, 3.63) is 108 Å². The molecular formula is C79H99B4N13O10S2. The fourth-order valence-electron chi connectivity index (χ4n) is 24.0. The third-order valence-electron chi connectivity index (χ3n) is 27.7. The third-order valence-corrected chi connectivity index (χ3v) is 31.2. The van der Waals surface area contributed by atoms with Gasteiger partial charge in [0.25, 0.3) is 0 Å². The maximum atomic E-state index is 12.1. The molecule has 12 fully saturated rings. The van der Waals surface area contributed by atoms with Gasteiger partial charge in [-0.25, -0.2) is 41.5 Å². The SMILES string of the molecule is CC12CC3CC(C1)C(C1=NN4CCCOB4c4cnc5[nH]ccc5c41)C(C3)C2.CC12CC3CC(C1)C(C1=NN4CCCOB4c4cnc5[nH]ccc5c41)C(C3)C2.CCCS(=O)(=O)CC1CC(C2=C(C)B(O)Oc3cnc4[nH]ccc4c32)C1.CNS(=O)(=O)CC1CCC(C2=CB(O)Oc3cnc4[nH]ccc4c32)CC1. The van der Waals surface area contributed by atoms with Crippen LogP contribution in [0, 0.1) is 81.8 Å². The second kappa shape index (κ2) is 27.6. The highest BCUT2D eigenvalue weighted by molar-refractivity contribution is 7.91. The lowest BCUT2D eigenvalue weighted by Crippen LogP contribution is -2.59. The number of hydrogen-bond acceptors (Lipinski definition) is 18. The fourth-order valence-corrected chi connectivity index (χ4v) is 26.9. The summed E-state index contributed by atoms with van der Waals surface area (Å²) in [7, 11) is -6.75. The van der Waals surface area contributed by atoms with Crippen LogP contribution in [-0.2, 0) is 29.2 Å². The molecule has 7 N–H and O–H groups in total. The standard InChI is InChI=1S/2C22H27BN4O.C18H23BN2O4S.C17H22BN3O4S/c2*1-22-9-13-7-14(10-22)18(15(8-13)11-22)20-19-16-3-4-24-21(16)25-12-17(19)23-27(26-20)5-2-6-28-23;1-3-6-26(23,24)10-12-7-13(8-12)16-11(2)19(22)25-15-9-21-18-14(17(15)16)4-5-20-18;1-19-26(23,24)10-11-2-4-12(5-3-11)14-8-18(22)25-15-9-21-17-13(16(14)15)6-7-20-17/h2*3-4,12-15,18H,2,5-11H2,1H3,(H,24,25);4-5,9,12-13,22H,3,6-8,10H2,1-2H3,(H,20,21);6-9,11-12,19,22H,2-5,10H2,1H3,(H,20,21). The number of sulfonamides is 1. The van der Waals surface area contributed by atoms with E-state index in [1.165, 1.54) is 116 Å². The van der Waals surface area contributed by atoms with Crippen LogP contribution in [0.3, 0.4) is 0 Å². The molecule has 6 aliphatic heterocycles. The highest BCUT2D eigenvalue weighted by Gasteiger charge is 2.58. The van der Waals surface area contributed by atoms with Crippen LogP contribution in [-0.4, -0.2) is 167 Å². The van der Waals surface area contributed by atoms with Gasteiger partial charge in [-0.3, -0.25) is 0 Å². The van der Waals surface area contributed by atoms with Crippen molar-refractivity contribution in [2.45, 2.75) is 150 Å². The zero-order valence-corrected chi connectivity index (χ0v) is 64.3. The van der Waals surface area contributed by atoms with E-state index >= 15 is 0 Å². The Bertz CT molecular complexity index is 5010.